The van der Waals surface area contributed by atoms with Gasteiger partial charge in [0, 0.05) is 31.6 Å². The average molecular weight is 394 g/mol. The van der Waals surface area contributed by atoms with Gasteiger partial charge >= 0.3 is 5.97 Å². The van der Waals surface area contributed by atoms with Crippen molar-refractivity contribution in [1.82, 2.24) is 9.47 Å². The number of benzene rings is 2. The molecule has 1 saturated heterocycles. The van der Waals surface area contributed by atoms with Gasteiger partial charge in [-0.25, -0.2) is 4.79 Å². The summed E-state index contributed by atoms with van der Waals surface area (Å²) < 4.78 is 13.3. The first kappa shape index (κ1) is 19.5. The Morgan fingerprint density at radius 3 is 2.62 bits per heavy atom. The van der Waals surface area contributed by atoms with Gasteiger partial charge in [-0.05, 0) is 30.2 Å². The highest BCUT2D eigenvalue weighted by Crippen LogP contribution is 2.30. The van der Waals surface area contributed by atoms with Gasteiger partial charge in [0.05, 0.1) is 25.3 Å². The van der Waals surface area contributed by atoms with Gasteiger partial charge in [-0.3, -0.25) is 4.90 Å². The molecule has 3 aromatic rings. The lowest BCUT2D eigenvalue weighted by Gasteiger charge is -2.26. The van der Waals surface area contributed by atoms with Crippen LogP contribution in [0.4, 0.5) is 0 Å². The number of aromatic carboxylic acids is 1. The Labute approximate surface area is 170 Å². The van der Waals surface area contributed by atoms with Crippen molar-refractivity contribution >= 4 is 16.9 Å². The summed E-state index contributed by atoms with van der Waals surface area (Å²) in [6, 6.07) is 17.4. The summed E-state index contributed by atoms with van der Waals surface area (Å²) in [5, 5.41) is 10.6. The minimum absolute atomic E-state index is 0.271. The van der Waals surface area contributed by atoms with E-state index in [1.54, 1.807) is 6.07 Å². The summed E-state index contributed by atoms with van der Waals surface area (Å²) in [6.45, 7) is 5.63. The number of rotatable bonds is 8. The van der Waals surface area contributed by atoms with Crippen LogP contribution in [0, 0.1) is 0 Å². The second-order valence-electron chi connectivity index (χ2n) is 7.25. The molecule has 29 heavy (non-hydrogen) atoms. The van der Waals surface area contributed by atoms with Crippen molar-refractivity contribution < 1.29 is 19.4 Å². The molecule has 6 heteroatoms. The Hall–Kier alpha value is -2.83. The quantitative estimate of drug-likeness (QED) is 0.593. The van der Waals surface area contributed by atoms with Crippen LogP contribution in [0.5, 0.6) is 5.75 Å². The zero-order valence-corrected chi connectivity index (χ0v) is 16.4. The summed E-state index contributed by atoms with van der Waals surface area (Å²) in [4.78, 5) is 14.2. The number of aromatic nitrogens is 1. The van der Waals surface area contributed by atoms with E-state index in [1.165, 1.54) is 0 Å². The van der Waals surface area contributed by atoms with E-state index in [0.29, 0.717) is 13.2 Å². The minimum atomic E-state index is -0.935. The molecule has 6 nitrogen and oxygen atoms in total. The molecule has 1 N–H and O–H groups in total. The molecule has 0 radical (unpaired) electrons. The standard InChI is InChI=1S/C23H26N2O4/c26-23(27)21-16-19-20(25(21)17-18-6-2-1-3-7-18)8-4-9-22(19)29-13-5-10-24-11-14-28-15-12-24/h1-4,6-9,16H,5,10-15,17H2,(H,26,27). The highest BCUT2D eigenvalue weighted by atomic mass is 16.5. The van der Waals surface area contributed by atoms with Crippen molar-refractivity contribution in [2.24, 2.45) is 0 Å². The van der Waals surface area contributed by atoms with Crippen LogP contribution in [-0.4, -0.2) is 60.0 Å². The van der Waals surface area contributed by atoms with E-state index in [4.69, 9.17) is 9.47 Å². The summed E-state index contributed by atoms with van der Waals surface area (Å²) in [5.74, 6) is -0.200. The first-order valence-electron chi connectivity index (χ1n) is 10.0. The van der Waals surface area contributed by atoms with Crippen molar-refractivity contribution in [3.05, 3.63) is 65.9 Å². The molecule has 0 saturated carbocycles. The lowest BCUT2D eigenvalue weighted by molar-refractivity contribution is 0.0358. The third-order valence-electron chi connectivity index (χ3n) is 5.29. The van der Waals surface area contributed by atoms with Crippen molar-refractivity contribution in [2.75, 3.05) is 39.5 Å². The predicted octanol–water partition coefficient (Wildman–Crippen LogP) is 3.49. The van der Waals surface area contributed by atoms with Gasteiger partial charge in [0.1, 0.15) is 11.4 Å². The Morgan fingerprint density at radius 1 is 1.07 bits per heavy atom. The van der Waals surface area contributed by atoms with Gasteiger partial charge in [-0.2, -0.15) is 0 Å². The van der Waals surface area contributed by atoms with Crippen molar-refractivity contribution in [3.8, 4) is 5.75 Å². The highest BCUT2D eigenvalue weighted by Gasteiger charge is 2.17. The number of carbonyl (C=O) groups is 1. The normalized spacial score (nSPS) is 14.9. The number of nitrogens with zero attached hydrogens (tertiary/aromatic N) is 2. The van der Waals surface area contributed by atoms with Crippen LogP contribution in [0.25, 0.3) is 10.9 Å². The molecule has 1 aromatic heterocycles. The third kappa shape index (κ3) is 4.60. The van der Waals surface area contributed by atoms with Crippen LogP contribution >= 0.6 is 0 Å². The summed E-state index contributed by atoms with van der Waals surface area (Å²) >= 11 is 0. The Bertz CT molecular complexity index is 962. The van der Waals surface area contributed by atoms with Gasteiger partial charge in [0.2, 0.25) is 0 Å². The molecule has 0 bridgehead atoms. The topological polar surface area (TPSA) is 63.9 Å². The van der Waals surface area contributed by atoms with Crippen LogP contribution in [0.2, 0.25) is 0 Å². The number of morpholine rings is 1. The molecular weight excluding hydrogens is 368 g/mol. The van der Waals surface area contributed by atoms with Gasteiger partial charge in [-0.1, -0.05) is 36.4 Å². The van der Waals surface area contributed by atoms with Gasteiger partial charge in [0.15, 0.2) is 0 Å². The van der Waals surface area contributed by atoms with Crippen LogP contribution in [-0.2, 0) is 11.3 Å². The molecule has 1 aliphatic heterocycles. The van der Waals surface area contributed by atoms with E-state index in [9.17, 15) is 9.90 Å². The lowest BCUT2D eigenvalue weighted by atomic mass is 10.2. The maximum Gasteiger partial charge on any atom is 0.352 e. The number of hydrogen-bond acceptors (Lipinski definition) is 4. The van der Waals surface area contributed by atoms with Crippen LogP contribution in [0.15, 0.2) is 54.6 Å². The molecule has 152 valence electrons. The van der Waals surface area contributed by atoms with E-state index in [0.717, 1.165) is 61.5 Å². The fourth-order valence-electron chi connectivity index (χ4n) is 3.79. The van der Waals surface area contributed by atoms with Crippen molar-refractivity contribution in [2.45, 2.75) is 13.0 Å². The van der Waals surface area contributed by atoms with Gasteiger partial charge in [-0.15, -0.1) is 0 Å². The fourth-order valence-corrected chi connectivity index (χ4v) is 3.79. The zero-order chi connectivity index (χ0) is 20.1. The van der Waals surface area contributed by atoms with Gasteiger partial charge in [0.25, 0.3) is 0 Å². The second kappa shape index (κ2) is 9.11. The predicted molar refractivity (Wildman–Crippen MR) is 112 cm³/mol. The van der Waals surface area contributed by atoms with E-state index < -0.39 is 5.97 Å². The summed E-state index contributed by atoms with van der Waals surface area (Å²) in [7, 11) is 0. The Morgan fingerprint density at radius 2 is 1.86 bits per heavy atom. The SMILES string of the molecule is O=C(O)c1cc2c(OCCCN3CCOCC3)cccc2n1Cc1ccccc1. The number of fused-ring (bicyclic) bond motifs is 1. The van der Waals surface area contributed by atoms with E-state index in [1.807, 2.05) is 53.1 Å². The van der Waals surface area contributed by atoms with Crippen LogP contribution in [0.3, 0.4) is 0 Å². The molecule has 0 unspecified atom stereocenters. The fraction of sp³-hybridized carbons (Fsp3) is 0.348. The number of carboxylic acids is 1. The van der Waals surface area contributed by atoms with Crippen LogP contribution in [0.1, 0.15) is 22.5 Å². The first-order chi connectivity index (χ1) is 14.2. The van der Waals surface area contributed by atoms with E-state index in [2.05, 4.69) is 4.90 Å². The van der Waals surface area contributed by atoms with Crippen molar-refractivity contribution in [1.29, 1.82) is 0 Å². The molecule has 2 aromatic carbocycles. The third-order valence-corrected chi connectivity index (χ3v) is 5.29. The zero-order valence-electron chi connectivity index (χ0n) is 16.4. The number of carboxylic acid groups (broad SMARTS) is 1. The molecule has 2 heterocycles. The molecule has 1 fully saturated rings. The van der Waals surface area contributed by atoms with Gasteiger partial charge < -0.3 is 19.1 Å². The van der Waals surface area contributed by atoms with E-state index >= 15 is 0 Å². The Kier molecular flexibility index (Phi) is 6.12. The molecule has 1 aliphatic rings. The Balaban J connectivity index is 1.51. The van der Waals surface area contributed by atoms with Crippen LogP contribution < -0.4 is 4.74 Å². The maximum absolute atomic E-state index is 11.9. The first-order valence-corrected chi connectivity index (χ1v) is 10.0. The minimum Gasteiger partial charge on any atom is -0.493 e. The number of ether oxygens (including phenoxy) is 2. The number of hydrogen-bond donors (Lipinski definition) is 1. The molecule has 0 aliphatic carbocycles. The monoisotopic (exact) mass is 394 g/mol. The summed E-state index contributed by atoms with van der Waals surface area (Å²) in [6.07, 6.45) is 0.924. The summed E-state index contributed by atoms with van der Waals surface area (Å²) in [5.41, 5.74) is 2.20. The highest BCUT2D eigenvalue weighted by molar-refractivity contribution is 5.97. The smallest absolute Gasteiger partial charge is 0.352 e. The molecule has 0 spiro atoms. The molecular formula is C23H26N2O4. The average Bonchev–Trinajstić information content (AvgIpc) is 3.12. The molecule has 0 atom stereocenters. The largest absolute Gasteiger partial charge is 0.493 e. The van der Waals surface area contributed by atoms with E-state index in [-0.39, 0.29) is 5.69 Å². The lowest BCUT2D eigenvalue weighted by Crippen LogP contribution is -2.37. The molecule has 4 rings (SSSR count). The second-order valence-corrected chi connectivity index (χ2v) is 7.25. The molecule has 0 amide bonds. The maximum atomic E-state index is 11.9. The van der Waals surface area contributed by atoms with Crippen molar-refractivity contribution in [3.63, 3.8) is 0 Å².